The van der Waals surface area contributed by atoms with Crippen molar-refractivity contribution in [3.63, 3.8) is 0 Å². The fourth-order valence-electron chi connectivity index (χ4n) is 2.51. The number of nitrogen functional groups attached to an aromatic ring is 1. The Morgan fingerprint density at radius 3 is 2.86 bits per heavy atom. The van der Waals surface area contributed by atoms with E-state index in [2.05, 4.69) is 15.0 Å². The molecule has 3 rings (SSSR count). The number of hydrogen-bond acceptors (Lipinski definition) is 8. The Bertz CT molecular complexity index is 658. The lowest BCUT2D eigenvalue weighted by Gasteiger charge is -2.17. The van der Waals surface area contributed by atoms with Crippen molar-refractivity contribution in [3.8, 4) is 0 Å². The Morgan fingerprint density at radius 1 is 1.48 bits per heavy atom. The van der Waals surface area contributed by atoms with Crippen LogP contribution in [0.3, 0.4) is 0 Å². The van der Waals surface area contributed by atoms with E-state index in [1.54, 1.807) is 15.8 Å². The van der Waals surface area contributed by atoms with Gasteiger partial charge in [-0.1, -0.05) is 0 Å². The number of anilines is 2. The number of ether oxygens (including phenoxy) is 1. The van der Waals surface area contributed by atoms with E-state index in [9.17, 15) is 5.11 Å². The zero-order chi connectivity index (χ0) is 15.1. The molecule has 3 atom stereocenters. The maximum Gasteiger partial charge on any atom is 0.224 e. The Kier molecular flexibility index (Phi) is 3.40. The van der Waals surface area contributed by atoms with Gasteiger partial charge in [-0.05, 0) is 0 Å². The van der Waals surface area contributed by atoms with Crippen molar-refractivity contribution in [3.05, 3.63) is 6.33 Å². The molecule has 2 aromatic heterocycles. The molecule has 0 spiro atoms. The van der Waals surface area contributed by atoms with Crippen LogP contribution >= 0.6 is 0 Å². The largest absolute Gasteiger partial charge is 0.394 e. The van der Waals surface area contributed by atoms with Crippen molar-refractivity contribution in [2.75, 3.05) is 31.3 Å². The highest BCUT2D eigenvalue weighted by Crippen LogP contribution is 2.32. The molecule has 0 aromatic carbocycles. The SMILES string of the molecule is CN(C)c1nc(N)nc2c1ncn2[C@@H]1O[C@H](CO)C[C@H]1O. The second kappa shape index (κ2) is 5.10. The molecule has 9 heteroatoms. The van der Waals surface area contributed by atoms with Crippen LogP contribution in [0.25, 0.3) is 11.2 Å². The van der Waals surface area contributed by atoms with E-state index in [-0.39, 0.29) is 12.6 Å². The summed E-state index contributed by atoms with van der Waals surface area (Å²) in [7, 11) is 3.67. The molecule has 0 radical (unpaired) electrons. The summed E-state index contributed by atoms with van der Waals surface area (Å²) in [5.74, 6) is 0.724. The molecule has 9 nitrogen and oxygen atoms in total. The molecule has 1 fully saturated rings. The molecule has 0 bridgehead atoms. The van der Waals surface area contributed by atoms with Gasteiger partial charge in [0, 0.05) is 20.5 Å². The molecular weight excluding hydrogens is 276 g/mol. The van der Waals surface area contributed by atoms with Crippen LogP contribution in [0.4, 0.5) is 11.8 Å². The third-order valence-corrected chi connectivity index (χ3v) is 3.49. The van der Waals surface area contributed by atoms with Crippen LogP contribution in [0.15, 0.2) is 6.33 Å². The lowest BCUT2D eigenvalue weighted by molar-refractivity contribution is -0.0486. The smallest absolute Gasteiger partial charge is 0.224 e. The number of imidazole rings is 1. The molecular formula is C12H18N6O3. The number of rotatable bonds is 3. The summed E-state index contributed by atoms with van der Waals surface area (Å²) < 4.78 is 7.25. The minimum absolute atomic E-state index is 0.124. The number of aliphatic hydroxyl groups excluding tert-OH is 2. The van der Waals surface area contributed by atoms with Gasteiger partial charge >= 0.3 is 0 Å². The monoisotopic (exact) mass is 294 g/mol. The normalized spacial score (nSPS) is 25.6. The predicted molar refractivity (Wildman–Crippen MR) is 75.7 cm³/mol. The topological polar surface area (TPSA) is 123 Å². The number of nitrogens with zero attached hydrogens (tertiary/aromatic N) is 5. The average Bonchev–Trinajstić information content (AvgIpc) is 3.00. The number of aliphatic hydroxyl groups is 2. The van der Waals surface area contributed by atoms with Gasteiger partial charge in [0.1, 0.15) is 6.10 Å². The summed E-state index contributed by atoms with van der Waals surface area (Å²) >= 11 is 0. The Labute approximate surface area is 121 Å². The first kappa shape index (κ1) is 14.0. The van der Waals surface area contributed by atoms with Gasteiger partial charge in [0.15, 0.2) is 23.2 Å². The molecule has 1 saturated heterocycles. The number of aromatic nitrogens is 4. The predicted octanol–water partition coefficient (Wildman–Crippen LogP) is -0.885. The molecule has 2 aromatic rings. The zero-order valence-electron chi connectivity index (χ0n) is 11.8. The van der Waals surface area contributed by atoms with Crippen molar-refractivity contribution >= 4 is 22.9 Å². The van der Waals surface area contributed by atoms with Crippen LogP contribution in [0.2, 0.25) is 0 Å². The quantitative estimate of drug-likeness (QED) is 0.666. The third-order valence-electron chi connectivity index (χ3n) is 3.49. The minimum Gasteiger partial charge on any atom is -0.394 e. The van der Waals surface area contributed by atoms with Gasteiger partial charge in [0.2, 0.25) is 5.95 Å². The molecule has 0 unspecified atom stereocenters. The Hall–Kier alpha value is -1.97. The van der Waals surface area contributed by atoms with Gasteiger partial charge in [-0.3, -0.25) is 4.57 Å². The first-order valence-electron chi connectivity index (χ1n) is 6.63. The second-order valence-corrected chi connectivity index (χ2v) is 5.26. The van der Waals surface area contributed by atoms with Crippen molar-refractivity contribution in [1.82, 2.24) is 19.5 Å². The summed E-state index contributed by atoms with van der Waals surface area (Å²) in [4.78, 5) is 14.4. The molecule has 1 aliphatic rings. The minimum atomic E-state index is -0.737. The van der Waals surface area contributed by atoms with E-state index in [1.165, 1.54) is 0 Å². The number of fused-ring (bicyclic) bond motifs is 1. The fraction of sp³-hybridized carbons (Fsp3) is 0.583. The van der Waals surface area contributed by atoms with Crippen molar-refractivity contribution in [2.45, 2.75) is 24.9 Å². The average molecular weight is 294 g/mol. The fourth-order valence-corrected chi connectivity index (χ4v) is 2.51. The van der Waals surface area contributed by atoms with E-state index in [0.717, 1.165) is 0 Å². The summed E-state index contributed by atoms with van der Waals surface area (Å²) in [5, 5.41) is 19.3. The van der Waals surface area contributed by atoms with Crippen LogP contribution in [-0.4, -0.2) is 62.6 Å². The van der Waals surface area contributed by atoms with E-state index in [0.29, 0.717) is 23.4 Å². The molecule has 3 heterocycles. The van der Waals surface area contributed by atoms with Crippen LogP contribution < -0.4 is 10.6 Å². The molecule has 4 N–H and O–H groups in total. The Morgan fingerprint density at radius 2 is 2.24 bits per heavy atom. The van der Waals surface area contributed by atoms with Gasteiger partial charge in [-0.2, -0.15) is 9.97 Å². The summed E-state index contributed by atoms with van der Waals surface area (Å²) in [6.45, 7) is -0.139. The molecule has 0 saturated carbocycles. The molecule has 114 valence electrons. The molecule has 0 amide bonds. The van der Waals surface area contributed by atoms with Crippen LogP contribution in [-0.2, 0) is 4.74 Å². The van der Waals surface area contributed by atoms with E-state index < -0.39 is 18.4 Å². The number of hydrogen-bond donors (Lipinski definition) is 3. The second-order valence-electron chi connectivity index (χ2n) is 5.26. The number of nitrogens with two attached hydrogens (primary N) is 1. The van der Waals surface area contributed by atoms with Gasteiger partial charge in [-0.15, -0.1) is 0 Å². The third kappa shape index (κ3) is 2.28. The lowest BCUT2D eigenvalue weighted by atomic mass is 10.2. The van der Waals surface area contributed by atoms with E-state index in [1.807, 2.05) is 14.1 Å². The maximum atomic E-state index is 10.1. The van der Waals surface area contributed by atoms with Crippen molar-refractivity contribution < 1.29 is 14.9 Å². The zero-order valence-corrected chi connectivity index (χ0v) is 11.8. The van der Waals surface area contributed by atoms with Crippen molar-refractivity contribution in [2.24, 2.45) is 0 Å². The van der Waals surface area contributed by atoms with E-state index in [4.69, 9.17) is 15.6 Å². The van der Waals surface area contributed by atoms with Crippen LogP contribution in [0.1, 0.15) is 12.6 Å². The first-order valence-corrected chi connectivity index (χ1v) is 6.63. The highest BCUT2D eigenvalue weighted by Gasteiger charge is 2.36. The van der Waals surface area contributed by atoms with Gasteiger partial charge < -0.3 is 25.6 Å². The van der Waals surface area contributed by atoms with Gasteiger partial charge in [0.05, 0.1) is 19.0 Å². The first-order chi connectivity index (χ1) is 10.0. The van der Waals surface area contributed by atoms with Gasteiger partial charge in [0.25, 0.3) is 0 Å². The molecule has 21 heavy (non-hydrogen) atoms. The van der Waals surface area contributed by atoms with E-state index >= 15 is 0 Å². The van der Waals surface area contributed by atoms with Crippen LogP contribution in [0.5, 0.6) is 0 Å². The van der Waals surface area contributed by atoms with Gasteiger partial charge in [-0.25, -0.2) is 4.98 Å². The highest BCUT2D eigenvalue weighted by atomic mass is 16.5. The maximum absolute atomic E-state index is 10.1. The Balaban J connectivity index is 2.08. The summed E-state index contributed by atoms with van der Waals surface area (Å²) in [6, 6.07) is 0. The molecule has 0 aliphatic carbocycles. The standard InChI is InChI=1S/C12H18N6O3/c1-17(2)9-8-10(16-12(13)15-9)18(5-14-8)11-7(20)3-6(4-19)21-11/h5-7,11,19-20H,3-4H2,1-2H3,(H2,13,15,16)/t6-,7+,11+/m0/s1. The molecule has 1 aliphatic heterocycles. The summed E-state index contributed by atoms with van der Waals surface area (Å²) in [5.41, 5.74) is 6.82. The highest BCUT2D eigenvalue weighted by molar-refractivity contribution is 5.84. The van der Waals surface area contributed by atoms with Crippen molar-refractivity contribution in [1.29, 1.82) is 0 Å². The lowest BCUT2D eigenvalue weighted by Crippen LogP contribution is -2.20. The summed E-state index contributed by atoms with van der Waals surface area (Å²) in [6.07, 6.45) is 0.131. The van der Waals surface area contributed by atoms with Crippen LogP contribution in [0, 0.1) is 0 Å².